The van der Waals surface area contributed by atoms with Crippen molar-refractivity contribution < 1.29 is 0 Å². The summed E-state index contributed by atoms with van der Waals surface area (Å²) >= 11 is 0. The standard InChI is InChI=1S/C17H27N3/c1-13(2)6-5-10-20-17-8-7-15(18)12-16(17)14(3)9-11-19-4/h7-9,11-13,20H,5-6,10,18H2,1-4H3. The highest BCUT2D eigenvalue weighted by Gasteiger charge is 2.04. The molecule has 0 bridgehead atoms. The van der Waals surface area contributed by atoms with Crippen LogP contribution in [0.5, 0.6) is 0 Å². The number of hydrogen-bond acceptors (Lipinski definition) is 3. The molecule has 0 heterocycles. The first-order valence-electron chi connectivity index (χ1n) is 7.27. The van der Waals surface area contributed by atoms with E-state index in [9.17, 15) is 0 Å². The average Bonchev–Trinajstić information content (AvgIpc) is 2.41. The number of rotatable bonds is 7. The SMILES string of the molecule is CN=CC=C(C)c1cc(N)ccc1NCCCC(C)C. The highest BCUT2D eigenvalue weighted by molar-refractivity contribution is 5.88. The van der Waals surface area contributed by atoms with E-state index in [2.05, 4.69) is 37.1 Å². The normalized spacial score (nSPS) is 12.3. The van der Waals surface area contributed by atoms with Crippen LogP contribution in [-0.2, 0) is 0 Å². The Kier molecular flexibility index (Phi) is 6.85. The molecule has 20 heavy (non-hydrogen) atoms. The lowest BCUT2D eigenvalue weighted by atomic mass is 10.0. The molecule has 1 aromatic carbocycles. The van der Waals surface area contributed by atoms with Crippen LogP contribution in [0.4, 0.5) is 11.4 Å². The number of nitrogen functional groups attached to an aromatic ring is 1. The molecule has 0 fully saturated rings. The van der Waals surface area contributed by atoms with Crippen LogP contribution < -0.4 is 11.1 Å². The molecule has 1 rings (SSSR count). The molecule has 0 amide bonds. The van der Waals surface area contributed by atoms with Gasteiger partial charge in [-0.2, -0.15) is 0 Å². The summed E-state index contributed by atoms with van der Waals surface area (Å²) < 4.78 is 0. The van der Waals surface area contributed by atoms with Crippen LogP contribution in [0, 0.1) is 5.92 Å². The highest BCUT2D eigenvalue weighted by Crippen LogP contribution is 2.26. The predicted molar refractivity (Wildman–Crippen MR) is 91.5 cm³/mol. The summed E-state index contributed by atoms with van der Waals surface area (Å²) in [5.74, 6) is 0.755. The number of aliphatic imine (C=N–C) groups is 1. The molecule has 1 aromatic rings. The van der Waals surface area contributed by atoms with E-state index in [4.69, 9.17) is 5.73 Å². The molecule has 0 atom stereocenters. The number of nitrogens with zero attached hydrogens (tertiary/aromatic N) is 1. The minimum Gasteiger partial charge on any atom is -0.399 e. The van der Waals surface area contributed by atoms with Crippen LogP contribution in [0.3, 0.4) is 0 Å². The van der Waals surface area contributed by atoms with E-state index >= 15 is 0 Å². The molecule has 3 nitrogen and oxygen atoms in total. The Morgan fingerprint density at radius 2 is 2.15 bits per heavy atom. The van der Waals surface area contributed by atoms with Gasteiger partial charge in [0.1, 0.15) is 0 Å². The smallest absolute Gasteiger partial charge is 0.0418 e. The minimum absolute atomic E-state index is 0.755. The third kappa shape index (κ3) is 5.47. The fourth-order valence-corrected chi connectivity index (χ4v) is 2.05. The first kappa shape index (κ1) is 16.3. The molecule has 3 heteroatoms. The topological polar surface area (TPSA) is 50.4 Å². The summed E-state index contributed by atoms with van der Waals surface area (Å²) in [6, 6.07) is 6.01. The Hall–Kier alpha value is -1.77. The minimum atomic E-state index is 0.755. The molecule has 110 valence electrons. The van der Waals surface area contributed by atoms with Crippen LogP contribution in [0.15, 0.2) is 29.3 Å². The van der Waals surface area contributed by atoms with Crippen molar-refractivity contribution in [2.24, 2.45) is 10.9 Å². The third-order valence-electron chi connectivity index (χ3n) is 3.22. The molecule has 3 N–H and O–H groups in total. The number of allylic oxidation sites excluding steroid dienone is 2. The van der Waals surface area contributed by atoms with E-state index in [-0.39, 0.29) is 0 Å². The second kappa shape index (κ2) is 8.41. The van der Waals surface area contributed by atoms with Gasteiger partial charge in [-0.25, -0.2) is 0 Å². The number of anilines is 2. The van der Waals surface area contributed by atoms with Crippen molar-refractivity contribution in [3.05, 3.63) is 29.8 Å². The summed E-state index contributed by atoms with van der Waals surface area (Å²) in [6.07, 6.45) is 6.24. The van der Waals surface area contributed by atoms with Gasteiger partial charge in [-0.1, -0.05) is 13.8 Å². The first-order chi connectivity index (χ1) is 9.54. The molecule has 0 spiro atoms. The van der Waals surface area contributed by atoms with Gasteiger partial charge in [0.2, 0.25) is 0 Å². The van der Waals surface area contributed by atoms with E-state index in [0.29, 0.717) is 0 Å². The van der Waals surface area contributed by atoms with Crippen molar-refractivity contribution in [1.82, 2.24) is 0 Å². The summed E-state index contributed by atoms with van der Waals surface area (Å²) in [5, 5.41) is 3.51. The monoisotopic (exact) mass is 273 g/mol. The molecule has 0 aliphatic heterocycles. The van der Waals surface area contributed by atoms with Crippen molar-refractivity contribution >= 4 is 23.2 Å². The molecule has 0 saturated carbocycles. The van der Waals surface area contributed by atoms with Crippen molar-refractivity contribution in [2.75, 3.05) is 24.6 Å². The fourth-order valence-electron chi connectivity index (χ4n) is 2.05. The van der Waals surface area contributed by atoms with Gasteiger partial charge in [-0.05, 0) is 55.5 Å². The lowest BCUT2D eigenvalue weighted by molar-refractivity contribution is 0.567. The molecular formula is C17H27N3. The van der Waals surface area contributed by atoms with Crippen LogP contribution >= 0.6 is 0 Å². The van der Waals surface area contributed by atoms with Crippen LogP contribution in [0.1, 0.15) is 39.2 Å². The summed E-state index contributed by atoms with van der Waals surface area (Å²) in [4.78, 5) is 4.00. The molecule has 0 aliphatic carbocycles. The number of benzene rings is 1. The molecule has 0 unspecified atom stereocenters. The fraction of sp³-hybridized carbons (Fsp3) is 0.471. The van der Waals surface area contributed by atoms with Crippen molar-refractivity contribution in [1.29, 1.82) is 0 Å². The number of nitrogens with two attached hydrogens (primary N) is 1. The van der Waals surface area contributed by atoms with Crippen LogP contribution in [-0.4, -0.2) is 19.8 Å². The maximum absolute atomic E-state index is 5.90. The van der Waals surface area contributed by atoms with Crippen molar-refractivity contribution in [2.45, 2.75) is 33.6 Å². The van der Waals surface area contributed by atoms with Gasteiger partial charge in [0.05, 0.1) is 0 Å². The third-order valence-corrected chi connectivity index (χ3v) is 3.22. The van der Waals surface area contributed by atoms with E-state index in [1.807, 2.05) is 18.2 Å². The van der Waals surface area contributed by atoms with Crippen LogP contribution in [0.25, 0.3) is 5.57 Å². The molecule has 0 radical (unpaired) electrons. The maximum Gasteiger partial charge on any atom is 0.0418 e. The summed E-state index contributed by atoms with van der Waals surface area (Å²) in [6.45, 7) is 7.58. The second-order valence-electron chi connectivity index (χ2n) is 5.52. The second-order valence-corrected chi connectivity index (χ2v) is 5.52. The average molecular weight is 273 g/mol. The zero-order valence-corrected chi connectivity index (χ0v) is 13.1. The number of nitrogens with one attached hydrogen (secondary N) is 1. The Balaban J connectivity index is 2.80. The zero-order chi connectivity index (χ0) is 15.0. The van der Waals surface area contributed by atoms with Gasteiger partial charge in [0.25, 0.3) is 0 Å². The quantitative estimate of drug-likeness (QED) is 0.444. The molecule has 0 saturated heterocycles. The Morgan fingerprint density at radius 1 is 1.40 bits per heavy atom. The van der Waals surface area contributed by atoms with E-state index in [1.165, 1.54) is 12.8 Å². The zero-order valence-electron chi connectivity index (χ0n) is 13.1. The van der Waals surface area contributed by atoms with Gasteiger partial charge in [-0.3, -0.25) is 4.99 Å². The first-order valence-corrected chi connectivity index (χ1v) is 7.27. The Morgan fingerprint density at radius 3 is 2.80 bits per heavy atom. The van der Waals surface area contributed by atoms with Crippen molar-refractivity contribution in [3.63, 3.8) is 0 Å². The van der Waals surface area contributed by atoms with Gasteiger partial charge in [0.15, 0.2) is 0 Å². The van der Waals surface area contributed by atoms with Gasteiger partial charge in [0, 0.05) is 36.7 Å². The summed E-state index contributed by atoms with van der Waals surface area (Å²) in [7, 11) is 1.77. The van der Waals surface area contributed by atoms with Gasteiger partial charge >= 0.3 is 0 Å². The largest absolute Gasteiger partial charge is 0.399 e. The maximum atomic E-state index is 5.90. The molecule has 0 aromatic heterocycles. The highest BCUT2D eigenvalue weighted by atomic mass is 14.9. The molecular weight excluding hydrogens is 246 g/mol. The Labute approximate surface area is 123 Å². The lowest BCUT2D eigenvalue weighted by Gasteiger charge is -2.14. The van der Waals surface area contributed by atoms with E-state index in [1.54, 1.807) is 13.3 Å². The van der Waals surface area contributed by atoms with Crippen molar-refractivity contribution in [3.8, 4) is 0 Å². The van der Waals surface area contributed by atoms with E-state index < -0.39 is 0 Å². The van der Waals surface area contributed by atoms with E-state index in [0.717, 1.165) is 35.0 Å². The summed E-state index contributed by atoms with van der Waals surface area (Å²) in [5.41, 5.74) is 10.1. The predicted octanol–water partition coefficient (Wildman–Crippen LogP) is 4.22. The Bertz CT molecular complexity index is 473. The number of hydrogen-bond donors (Lipinski definition) is 2. The van der Waals surface area contributed by atoms with Gasteiger partial charge < -0.3 is 11.1 Å². The lowest BCUT2D eigenvalue weighted by Crippen LogP contribution is -2.05. The van der Waals surface area contributed by atoms with Crippen LogP contribution in [0.2, 0.25) is 0 Å². The van der Waals surface area contributed by atoms with Gasteiger partial charge in [-0.15, -0.1) is 0 Å². The molecule has 0 aliphatic rings.